The maximum absolute atomic E-state index is 13.5. The van der Waals surface area contributed by atoms with Crippen LogP contribution in [-0.2, 0) is 24.1 Å². The Morgan fingerprint density at radius 2 is 1.92 bits per heavy atom. The lowest BCUT2D eigenvalue weighted by Crippen LogP contribution is -2.32. The van der Waals surface area contributed by atoms with Crippen LogP contribution in [0.2, 0.25) is 0 Å². The Kier molecular flexibility index (Phi) is 8.15. The fraction of sp³-hybridized carbons (Fsp3) is 0.462. The molecule has 1 aliphatic rings. The summed E-state index contributed by atoms with van der Waals surface area (Å²) in [6.45, 7) is 2.57. The van der Waals surface area contributed by atoms with Gasteiger partial charge in [-0.25, -0.2) is 4.98 Å². The lowest BCUT2D eigenvalue weighted by molar-refractivity contribution is -0.147. The summed E-state index contributed by atoms with van der Waals surface area (Å²) < 4.78 is 47.3. The van der Waals surface area contributed by atoms with Crippen LogP contribution in [0.1, 0.15) is 30.7 Å². The summed E-state index contributed by atoms with van der Waals surface area (Å²) in [5.41, 5.74) is 1.58. The van der Waals surface area contributed by atoms with Crippen molar-refractivity contribution in [1.29, 1.82) is 0 Å². The van der Waals surface area contributed by atoms with Gasteiger partial charge in [-0.3, -0.25) is 9.69 Å². The number of aliphatic hydroxyl groups excluding tert-OH is 1. The van der Waals surface area contributed by atoms with Gasteiger partial charge in [-0.15, -0.1) is 0 Å². The Bertz CT molecular complexity index is 1160. The first-order valence-corrected chi connectivity index (χ1v) is 12.1. The van der Waals surface area contributed by atoms with E-state index in [1.807, 2.05) is 41.1 Å². The average molecular weight is 505 g/mol. The van der Waals surface area contributed by atoms with Crippen LogP contribution in [0, 0.1) is 0 Å². The number of imidazole rings is 1. The zero-order chi connectivity index (χ0) is 25.7. The van der Waals surface area contributed by atoms with Crippen molar-refractivity contribution in [3.05, 3.63) is 59.9 Å². The first-order valence-electron chi connectivity index (χ1n) is 12.1. The molecule has 0 aliphatic carbocycles. The Morgan fingerprint density at radius 1 is 1.17 bits per heavy atom. The van der Waals surface area contributed by atoms with E-state index in [9.17, 15) is 23.1 Å². The molecule has 36 heavy (non-hydrogen) atoms. The van der Waals surface area contributed by atoms with Crippen molar-refractivity contribution in [2.75, 3.05) is 33.3 Å². The van der Waals surface area contributed by atoms with Crippen molar-refractivity contribution >= 4 is 16.9 Å². The van der Waals surface area contributed by atoms with E-state index in [4.69, 9.17) is 4.74 Å². The summed E-state index contributed by atoms with van der Waals surface area (Å²) in [5.74, 6) is -0.0540. The summed E-state index contributed by atoms with van der Waals surface area (Å²) in [6, 6.07) is 14.0. The van der Waals surface area contributed by atoms with Crippen molar-refractivity contribution in [3.8, 4) is 5.75 Å². The number of carbonyl (C=O) groups excluding carboxylic acids is 1. The number of aliphatic hydroxyl groups is 1. The number of ether oxygens (including phenoxy) is 1. The molecule has 1 atom stereocenters. The molecule has 1 N–H and O–H groups in total. The first kappa shape index (κ1) is 26.0. The highest BCUT2D eigenvalue weighted by molar-refractivity contribution is 5.78. The number of benzene rings is 2. The minimum Gasteiger partial charge on any atom is -0.494 e. The summed E-state index contributed by atoms with van der Waals surface area (Å²) in [4.78, 5) is 19.1. The molecule has 3 aromatic rings. The van der Waals surface area contributed by atoms with Crippen LogP contribution in [0.25, 0.3) is 11.0 Å². The van der Waals surface area contributed by atoms with Crippen molar-refractivity contribution in [2.45, 2.75) is 44.6 Å². The molecule has 7 nitrogen and oxygen atoms in total. The highest BCUT2D eigenvalue weighted by Gasteiger charge is 2.38. The first-order chi connectivity index (χ1) is 17.2. The van der Waals surface area contributed by atoms with Crippen molar-refractivity contribution in [1.82, 2.24) is 19.4 Å². The number of rotatable bonds is 11. The Morgan fingerprint density at radius 3 is 2.61 bits per heavy atom. The quantitative estimate of drug-likeness (QED) is 0.401. The molecule has 0 bridgehead atoms. The van der Waals surface area contributed by atoms with Crippen molar-refractivity contribution in [2.24, 2.45) is 0 Å². The van der Waals surface area contributed by atoms with Crippen LogP contribution in [0.3, 0.4) is 0 Å². The summed E-state index contributed by atoms with van der Waals surface area (Å²) in [6.07, 6.45) is -3.28. The molecule has 2 heterocycles. The van der Waals surface area contributed by atoms with Crippen LogP contribution in [0.4, 0.5) is 13.2 Å². The molecular formula is C26H31F3N4O3. The molecular weight excluding hydrogens is 473 g/mol. The van der Waals surface area contributed by atoms with Gasteiger partial charge in [-0.05, 0) is 49.7 Å². The number of halogens is 3. The number of nitrogens with zero attached hydrogens (tertiary/aromatic N) is 4. The van der Waals surface area contributed by atoms with Crippen molar-refractivity contribution < 1.29 is 27.8 Å². The van der Waals surface area contributed by atoms with Gasteiger partial charge in [-0.1, -0.05) is 24.3 Å². The van der Waals surface area contributed by atoms with Gasteiger partial charge in [0.05, 0.1) is 30.3 Å². The molecule has 1 fully saturated rings. The third-order valence-corrected chi connectivity index (χ3v) is 6.21. The number of amides is 1. The van der Waals surface area contributed by atoms with E-state index in [1.54, 1.807) is 18.2 Å². The van der Waals surface area contributed by atoms with Gasteiger partial charge in [0.1, 0.15) is 5.75 Å². The molecule has 0 unspecified atom stereocenters. The number of aromatic nitrogens is 2. The van der Waals surface area contributed by atoms with E-state index in [-0.39, 0.29) is 24.5 Å². The zero-order valence-electron chi connectivity index (χ0n) is 20.2. The minimum absolute atomic E-state index is 0.192. The van der Waals surface area contributed by atoms with E-state index < -0.39 is 18.1 Å². The fourth-order valence-electron chi connectivity index (χ4n) is 4.56. The predicted molar refractivity (Wildman–Crippen MR) is 129 cm³/mol. The number of fused-ring (bicyclic) bond motifs is 1. The summed E-state index contributed by atoms with van der Waals surface area (Å²) >= 11 is 0. The summed E-state index contributed by atoms with van der Waals surface area (Å²) in [5, 5.41) is 10.6. The smallest absolute Gasteiger partial charge is 0.449 e. The highest BCUT2D eigenvalue weighted by Crippen LogP contribution is 2.31. The Labute approximate surface area is 208 Å². The van der Waals surface area contributed by atoms with Gasteiger partial charge in [-0.2, -0.15) is 13.2 Å². The molecule has 4 rings (SSSR count). The number of carbonyl (C=O) groups is 1. The van der Waals surface area contributed by atoms with Gasteiger partial charge in [0.2, 0.25) is 11.7 Å². The largest absolute Gasteiger partial charge is 0.494 e. The molecule has 10 heteroatoms. The maximum atomic E-state index is 13.5. The number of alkyl halides is 3. The predicted octanol–water partition coefficient (Wildman–Crippen LogP) is 3.94. The molecule has 194 valence electrons. The molecule has 1 saturated heterocycles. The van der Waals surface area contributed by atoms with Crippen molar-refractivity contribution in [3.63, 3.8) is 0 Å². The Hall–Kier alpha value is -3.11. The van der Waals surface area contributed by atoms with Crippen LogP contribution in [0.5, 0.6) is 5.75 Å². The maximum Gasteiger partial charge on any atom is 0.449 e. The topological polar surface area (TPSA) is 70.8 Å². The number of likely N-dealkylation sites (tertiary alicyclic amines) is 1. The third-order valence-electron chi connectivity index (χ3n) is 6.21. The van der Waals surface area contributed by atoms with Crippen LogP contribution >= 0.6 is 0 Å². The minimum atomic E-state index is -4.61. The van der Waals surface area contributed by atoms with Gasteiger partial charge in [0.25, 0.3) is 0 Å². The van der Waals surface area contributed by atoms with Gasteiger partial charge < -0.3 is 19.3 Å². The fourth-order valence-corrected chi connectivity index (χ4v) is 4.56. The molecule has 1 aromatic heterocycles. The standard InChI is InChI=1S/C26H31F3N4O3/c1-31(16-19-9-11-21(12-10-19)36-15-5-14-32-13-4-8-24(32)35)17-20(34)18-33-23-7-3-2-6-22(23)30-25(33)26(27,28)29/h2-3,6-7,9-12,20,34H,4-5,8,13-18H2,1H3/t20-/m0/s1. The second kappa shape index (κ2) is 11.3. The highest BCUT2D eigenvalue weighted by atomic mass is 19.4. The van der Waals surface area contributed by atoms with Gasteiger partial charge in [0, 0.05) is 32.6 Å². The SMILES string of the molecule is CN(Cc1ccc(OCCCN2CCCC2=O)cc1)C[C@H](O)Cn1c(C(F)(F)F)nc2ccccc21. The monoisotopic (exact) mass is 504 g/mol. The molecule has 0 spiro atoms. The average Bonchev–Trinajstić information content (AvgIpc) is 3.41. The molecule has 0 radical (unpaired) electrons. The molecule has 2 aromatic carbocycles. The van der Waals surface area contributed by atoms with E-state index >= 15 is 0 Å². The van der Waals surface area contributed by atoms with E-state index in [0.717, 1.165) is 35.3 Å². The van der Waals surface area contributed by atoms with E-state index in [0.29, 0.717) is 31.6 Å². The third kappa shape index (κ3) is 6.55. The van der Waals surface area contributed by atoms with E-state index in [1.165, 1.54) is 6.07 Å². The molecule has 1 aliphatic heterocycles. The number of hydrogen-bond acceptors (Lipinski definition) is 5. The number of hydrogen-bond donors (Lipinski definition) is 1. The molecule has 1 amide bonds. The lowest BCUT2D eigenvalue weighted by atomic mass is 10.2. The normalized spacial score (nSPS) is 15.3. The number of likely N-dealkylation sites (N-methyl/N-ethyl adjacent to an activating group) is 1. The second-order valence-corrected chi connectivity index (χ2v) is 9.21. The van der Waals surface area contributed by atoms with Gasteiger partial charge >= 0.3 is 6.18 Å². The zero-order valence-corrected chi connectivity index (χ0v) is 20.2. The van der Waals surface area contributed by atoms with Gasteiger partial charge in [0.15, 0.2) is 0 Å². The van der Waals surface area contributed by atoms with Crippen LogP contribution in [-0.4, -0.2) is 69.8 Å². The second-order valence-electron chi connectivity index (χ2n) is 9.21. The van der Waals surface area contributed by atoms with E-state index in [2.05, 4.69) is 4.98 Å². The Balaban J connectivity index is 1.26. The van der Waals surface area contributed by atoms with Crippen LogP contribution < -0.4 is 4.74 Å². The molecule has 0 saturated carbocycles. The lowest BCUT2D eigenvalue weighted by Gasteiger charge is -2.22. The summed E-state index contributed by atoms with van der Waals surface area (Å²) in [7, 11) is 1.81. The number of para-hydroxylation sites is 2. The van der Waals surface area contributed by atoms with Crippen LogP contribution in [0.15, 0.2) is 48.5 Å².